The lowest BCUT2D eigenvalue weighted by Gasteiger charge is -2.01. The summed E-state index contributed by atoms with van der Waals surface area (Å²) in [5, 5.41) is 0. The van der Waals surface area contributed by atoms with E-state index in [4.69, 9.17) is 11.5 Å². The highest BCUT2D eigenvalue weighted by atomic mass is 14.8. The predicted molar refractivity (Wildman–Crippen MR) is 31.4 cm³/mol. The normalized spacial score (nSPS) is 9.57. The van der Waals surface area contributed by atoms with E-state index in [2.05, 4.69) is 11.7 Å². The first kappa shape index (κ1) is 6.59. The first-order valence-electron chi connectivity index (χ1n) is 2.21. The van der Waals surface area contributed by atoms with E-state index in [1.54, 1.807) is 0 Å². The minimum atomic E-state index is 0.0556. The van der Waals surface area contributed by atoms with Gasteiger partial charge in [-0.15, -0.1) is 0 Å². The molecule has 0 fully saturated rings. The Hall–Kier alpha value is -0.410. The van der Waals surface area contributed by atoms with Gasteiger partial charge in [-0.25, -0.2) is 0 Å². The molecule has 0 aliphatic carbocycles. The molecule has 0 spiro atoms. The van der Waals surface area contributed by atoms with E-state index in [0.29, 0.717) is 13.1 Å². The Bertz CT molecular complexity index is 48.9. The van der Waals surface area contributed by atoms with Crippen LogP contribution in [-0.2, 0) is 0 Å². The number of hydrogen-bond donors (Lipinski definition) is 2. The average Bonchev–Trinajstić information content (AvgIpc) is 1.72. The van der Waals surface area contributed by atoms with E-state index >= 15 is 0 Å². The van der Waals surface area contributed by atoms with Gasteiger partial charge in [0, 0.05) is 13.1 Å². The van der Waals surface area contributed by atoms with Crippen molar-refractivity contribution in [2.75, 3.05) is 13.1 Å². The molecule has 0 aliphatic heterocycles. The van der Waals surface area contributed by atoms with Crippen molar-refractivity contribution >= 4 is 6.72 Å². The third-order valence-corrected chi connectivity index (χ3v) is 0.802. The number of hydrogen-bond acceptors (Lipinski definition) is 3. The molecule has 0 saturated carbocycles. The largest absolute Gasteiger partial charge is 0.328 e. The van der Waals surface area contributed by atoms with E-state index in [9.17, 15) is 0 Å². The van der Waals surface area contributed by atoms with Gasteiger partial charge in [0.05, 0.1) is 6.04 Å². The highest BCUT2D eigenvalue weighted by Crippen LogP contribution is 1.78. The maximum atomic E-state index is 5.18. The maximum Gasteiger partial charge on any atom is 0.0736 e. The molecular formula is C4H11N3. The predicted octanol–water partition coefficient (Wildman–Crippen LogP) is -1.03. The topological polar surface area (TPSA) is 64.4 Å². The molecule has 0 aromatic heterocycles. The highest BCUT2D eigenvalue weighted by Gasteiger charge is 1.94. The number of rotatable bonds is 3. The molecule has 0 aromatic rings. The van der Waals surface area contributed by atoms with Crippen molar-refractivity contribution in [3.05, 3.63) is 0 Å². The molecule has 0 aliphatic rings. The van der Waals surface area contributed by atoms with Crippen LogP contribution in [0, 0.1) is 0 Å². The minimum absolute atomic E-state index is 0.0556. The molecular weight excluding hydrogens is 90.1 g/mol. The molecule has 3 heteroatoms. The van der Waals surface area contributed by atoms with Gasteiger partial charge in [0.1, 0.15) is 0 Å². The second-order valence-electron chi connectivity index (χ2n) is 1.31. The molecule has 42 valence electrons. The Labute approximate surface area is 43.4 Å². The van der Waals surface area contributed by atoms with Crippen molar-refractivity contribution in [3.63, 3.8) is 0 Å². The van der Waals surface area contributed by atoms with Crippen molar-refractivity contribution in [1.29, 1.82) is 0 Å². The number of nitrogens with zero attached hydrogens (tertiary/aromatic N) is 1. The van der Waals surface area contributed by atoms with Crippen LogP contribution < -0.4 is 11.5 Å². The highest BCUT2D eigenvalue weighted by molar-refractivity contribution is 5.24. The second kappa shape index (κ2) is 3.77. The van der Waals surface area contributed by atoms with Crippen LogP contribution in [0.15, 0.2) is 4.99 Å². The van der Waals surface area contributed by atoms with Crippen LogP contribution in [-0.4, -0.2) is 25.8 Å². The summed E-state index contributed by atoms with van der Waals surface area (Å²) in [5.41, 5.74) is 10.4. The van der Waals surface area contributed by atoms with Gasteiger partial charge in [-0.2, -0.15) is 0 Å². The third-order valence-electron chi connectivity index (χ3n) is 0.802. The average molecular weight is 101 g/mol. The fourth-order valence-electron chi connectivity index (χ4n) is 0.245. The van der Waals surface area contributed by atoms with Crippen LogP contribution in [0.1, 0.15) is 0 Å². The summed E-state index contributed by atoms with van der Waals surface area (Å²) in [6, 6.07) is 0.0556. The number of aliphatic imine (C=N–C) groups is 1. The van der Waals surface area contributed by atoms with Crippen LogP contribution in [0.3, 0.4) is 0 Å². The second-order valence-corrected chi connectivity index (χ2v) is 1.31. The van der Waals surface area contributed by atoms with Gasteiger partial charge in [0.15, 0.2) is 0 Å². The molecule has 3 nitrogen and oxygen atoms in total. The Morgan fingerprint density at radius 2 is 1.86 bits per heavy atom. The summed E-state index contributed by atoms with van der Waals surface area (Å²) >= 11 is 0. The minimum Gasteiger partial charge on any atom is -0.328 e. The lowest BCUT2D eigenvalue weighted by atomic mass is 10.3. The van der Waals surface area contributed by atoms with Crippen molar-refractivity contribution in [2.45, 2.75) is 6.04 Å². The Balaban J connectivity index is 3.16. The van der Waals surface area contributed by atoms with Gasteiger partial charge in [0.25, 0.3) is 0 Å². The summed E-state index contributed by atoms with van der Waals surface area (Å²) in [5.74, 6) is 0. The lowest BCUT2D eigenvalue weighted by molar-refractivity contribution is 0.699. The van der Waals surface area contributed by atoms with Gasteiger partial charge in [-0.3, -0.25) is 4.99 Å². The molecule has 7 heavy (non-hydrogen) atoms. The molecule has 0 amide bonds. The third kappa shape index (κ3) is 2.31. The van der Waals surface area contributed by atoms with Gasteiger partial charge < -0.3 is 11.5 Å². The molecule has 0 bridgehead atoms. The van der Waals surface area contributed by atoms with Crippen LogP contribution in [0.4, 0.5) is 0 Å². The smallest absolute Gasteiger partial charge is 0.0736 e. The zero-order chi connectivity index (χ0) is 5.70. The Morgan fingerprint density at radius 1 is 1.43 bits per heavy atom. The summed E-state index contributed by atoms with van der Waals surface area (Å²) in [6.07, 6.45) is 0. The zero-order valence-corrected chi connectivity index (χ0v) is 4.30. The molecule has 0 heterocycles. The standard InChI is InChI=1S/C4H11N3/c1-7-4(2-5)3-6/h4H,1-3,5-6H2. The summed E-state index contributed by atoms with van der Waals surface area (Å²) < 4.78 is 0. The molecule has 4 N–H and O–H groups in total. The monoisotopic (exact) mass is 101 g/mol. The van der Waals surface area contributed by atoms with Crippen LogP contribution >= 0.6 is 0 Å². The van der Waals surface area contributed by atoms with Gasteiger partial charge in [0.2, 0.25) is 0 Å². The summed E-state index contributed by atoms with van der Waals surface area (Å²) in [4.78, 5) is 3.62. The van der Waals surface area contributed by atoms with Crippen LogP contribution in [0.5, 0.6) is 0 Å². The molecule has 0 saturated heterocycles. The van der Waals surface area contributed by atoms with E-state index in [-0.39, 0.29) is 6.04 Å². The number of nitrogens with two attached hydrogens (primary N) is 2. The van der Waals surface area contributed by atoms with Gasteiger partial charge in [-0.1, -0.05) is 0 Å². The molecule has 0 rings (SSSR count). The van der Waals surface area contributed by atoms with Crippen molar-refractivity contribution in [3.8, 4) is 0 Å². The zero-order valence-electron chi connectivity index (χ0n) is 4.30. The molecule has 0 atom stereocenters. The first-order chi connectivity index (χ1) is 3.35. The summed E-state index contributed by atoms with van der Waals surface area (Å²) in [6.45, 7) is 4.29. The van der Waals surface area contributed by atoms with E-state index in [0.717, 1.165) is 0 Å². The fraction of sp³-hybridized carbons (Fsp3) is 0.750. The van der Waals surface area contributed by atoms with Crippen molar-refractivity contribution in [1.82, 2.24) is 0 Å². The van der Waals surface area contributed by atoms with E-state index in [1.165, 1.54) is 0 Å². The van der Waals surface area contributed by atoms with Crippen molar-refractivity contribution < 1.29 is 0 Å². The van der Waals surface area contributed by atoms with Crippen LogP contribution in [0.2, 0.25) is 0 Å². The fourth-order valence-corrected chi connectivity index (χ4v) is 0.245. The Morgan fingerprint density at radius 3 is 1.86 bits per heavy atom. The lowest BCUT2D eigenvalue weighted by Crippen LogP contribution is -2.26. The first-order valence-corrected chi connectivity index (χ1v) is 2.21. The molecule has 0 radical (unpaired) electrons. The van der Waals surface area contributed by atoms with Crippen LogP contribution in [0.25, 0.3) is 0 Å². The SMILES string of the molecule is C=NC(CN)CN. The van der Waals surface area contributed by atoms with E-state index < -0.39 is 0 Å². The molecule has 0 aromatic carbocycles. The van der Waals surface area contributed by atoms with Crippen molar-refractivity contribution in [2.24, 2.45) is 16.5 Å². The maximum absolute atomic E-state index is 5.18. The quantitative estimate of drug-likeness (QED) is 0.446. The van der Waals surface area contributed by atoms with Gasteiger partial charge in [-0.05, 0) is 6.72 Å². The Kier molecular flexibility index (Phi) is 3.55. The van der Waals surface area contributed by atoms with E-state index in [1.807, 2.05) is 0 Å². The summed E-state index contributed by atoms with van der Waals surface area (Å²) in [7, 11) is 0. The van der Waals surface area contributed by atoms with Gasteiger partial charge >= 0.3 is 0 Å². The molecule has 0 unspecified atom stereocenters.